The van der Waals surface area contributed by atoms with Crippen LogP contribution in [0.15, 0.2) is 6.08 Å². The fourth-order valence-electron chi connectivity index (χ4n) is 2.82. The van der Waals surface area contributed by atoms with E-state index in [-0.39, 0.29) is 11.9 Å². The van der Waals surface area contributed by atoms with Gasteiger partial charge in [0.15, 0.2) is 0 Å². The van der Waals surface area contributed by atoms with Gasteiger partial charge in [-0.25, -0.2) is 0 Å². The summed E-state index contributed by atoms with van der Waals surface area (Å²) in [5, 5.41) is 14.5. The zero-order valence-electron chi connectivity index (χ0n) is 12.7. The summed E-state index contributed by atoms with van der Waals surface area (Å²) >= 11 is 6.15. The van der Waals surface area contributed by atoms with Crippen molar-refractivity contribution in [1.29, 1.82) is 0 Å². The average molecular weight is 312 g/mol. The SMILES string of the molecule is Cc1nn(C)c(Cl)c1/C=C/C(=O)N1CCCCC1C(C)O. The van der Waals surface area contributed by atoms with Crippen molar-refractivity contribution >= 4 is 23.6 Å². The van der Waals surface area contributed by atoms with Gasteiger partial charge in [0.05, 0.1) is 17.8 Å². The first-order valence-electron chi connectivity index (χ1n) is 7.27. The summed E-state index contributed by atoms with van der Waals surface area (Å²) in [4.78, 5) is 14.1. The van der Waals surface area contributed by atoms with E-state index in [2.05, 4.69) is 5.10 Å². The Balaban J connectivity index is 2.14. The van der Waals surface area contributed by atoms with Crippen LogP contribution in [0.1, 0.15) is 37.4 Å². The number of carbonyl (C=O) groups is 1. The molecule has 0 saturated carbocycles. The Labute approximate surface area is 130 Å². The molecule has 0 aromatic carbocycles. The number of hydrogen-bond acceptors (Lipinski definition) is 3. The Morgan fingerprint density at radius 1 is 1.52 bits per heavy atom. The molecule has 2 unspecified atom stereocenters. The molecule has 0 aliphatic carbocycles. The standard InChI is InChI=1S/C15H22ClN3O2/c1-10-12(15(16)18(3)17-10)7-8-14(21)19-9-5-4-6-13(19)11(2)20/h7-8,11,13,20H,4-6,9H2,1-3H3/b8-7+. The molecule has 2 heterocycles. The molecular weight excluding hydrogens is 290 g/mol. The number of aliphatic hydroxyl groups is 1. The molecule has 1 aliphatic heterocycles. The maximum absolute atomic E-state index is 12.4. The molecule has 1 aliphatic rings. The fraction of sp³-hybridized carbons (Fsp3) is 0.600. The van der Waals surface area contributed by atoms with Crippen LogP contribution in [0.25, 0.3) is 6.08 Å². The second kappa shape index (κ2) is 6.62. The second-order valence-electron chi connectivity index (χ2n) is 5.58. The molecular formula is C15H22ClN3O2. The first-order chi connectivity index (χ1) is 9.91. The third-order valence-electron chi connectivity index (χ3n) is 3.98. The van der Waals surface area contributed by atoms with Crippen molar-refractivity contribution in [3.05, 3.63) is 22.5 Å². The van der Waals surface area contributed by atoms with Gasteiger partial charge in [-0.2, -0.15) is 5.10 Å². The molecule has 1 N–H and O–H groups in total. The Hall–Kier alpha value is -1.33. The van der Waals surface area contributed by atoms with Crippen molar-refractivity contribution in [3.63, 3.8) is 0 Å². The van der Waals surface area contributed by atoms with E-state index in [1.54, 1.807) is 29.6 Å². The number of likely N-dealkylation sites (tertiary alicyclic amines) is 1. The molecule has 0 radical (unpaired) electrons. The molecule has 0 bridgehead atoms. The number of aliphatic hydroxyl groups excluding tert-OH is 1. The maximum Gasteiger partial charge on any atom is 0.246 e. The molecule has 0 spiro atoms. The summed E-state index contributed by atoms with van der Waals surface area (Å²) in [6, 6.07) is -0.0960. The molecule has 1 fully saturated rings. The van der Waals surface area contributed by atoms with Crippen molar-refractivity contribution in [2.24, 2.45) is 7.05 Å². The quantitative estimate of drug-likeness (QED) is 0.870. The summed E-state index contributed by atoms with van der Waals surface area (Å²) in [6.07, 6.45) is 5.61. The lowest BCUT2D eigenvalue weighted by Gasteiger charge is -2.36. The zero-order valence-corrected chi connectivity index (χ0v) is 13.5. The van der Waals surface area contributed by atoms with E-state index in [4.69, 9.17) is 11.6 Å². The predicted octanol–water partition coefficient (Wildman–Crippen LogP) is 2.16. The summed E-state index contributed by atoms with van der Waals surface area (Å²) in [7, 11) is 1.77. The van der Waals surface area contributed by atoms with Gasteiger partial charge >= 0.3 is 0 Å². The van der Waals surface area contributed by atoms with E-state index in [1.165, 1.54) is 6.08 Å². The molecule has 6 heteroatoms. The van der Waals surface area contributed by atoms with Crippen molar-refractivity contribution in [2.75, 3.05) is 6.54 Å². The van der Waals surface area contributed by atoms with Crippen LogP contribution >= 0.6 is 11.6 Å². The number of rotatable bonds is 3. The van der Waals surface area contributed by atoms with Gasteiger partial charge in [0, 0.05) is 25.2 Å². The monoisotopic (exact) mass is 311 g/mol. The van der Waals surface area contributed by atoms with Crippen molar-refractivity contribution in [1.82, 2.24) is 14.7 Å². The molecule has 5 nitrogen and oxygen atoms in total. The van der Waals surface area contributed by atoms with E-state index < -0.39 is 6.10 Å². The van der Waals surface area contributed by atoms with Gasteiger partial charge in [0.25, 0.3) is 0 Å². The summed E-state index contributed by atoms with van der Waals surface area (Å²) < 4.78 is 1.58. The number of hydrogen-bond donors (Lipinski definition) is 1. The van der Waals surface area contributed by atoms with Crippen LogP contribution < -0.4 is 0 Å². The highest BCUT2D eigenvalue weighted by Crippen LogP contribution is 2.22. The van der Waals surface area contributed by atoms with Crippen LogP contribution in [0.3, 0.4) is 0 Å². The van der Waals surface area contributed by atoms with E-state index >= 15 is 0 Å². The average Bonchev–Trinajstić information content (AvgIpc) is 2.70. The summed E-state index contributed by atoms with van der Waals surface area (Å²) in [6.45, 7) is 4.29. The minimum Gasteiger partial charge on any atom is -0.391 e. The lowest BCUT2D eigenvalue weighted by Crippen LogP contribution is -2.48. The Bertz CT molecular complexity index is 551. The number of piperidine rings is 1. The van der Waals surface area contributed by atoms with Crippen molar-refractivity contribution in [3.8, 4) is 0 Å². The van der Waals surface area contributed by atoms with E-state index in [9.17, 15) is 9.90 Å². The number of amides is 1. The minimum absolute atomic E-state index is 0.0834. The van der Waals surface area contributed by atoms with E-state index in [0.29, 0.717) is 11.7 Å². The van der Waals surface area contributed by atoms with Crippen LogP contribution in [0.5, 0.6) is 0 Å². The van der Waals surface area contributed by atoms with E-state index in [1.807, 2.05) is 6.92 Å². The van der Waals surface area contributed by atoms with Crippen molar-refractivity contribution < 1.29 is 9.90 Å². The van der Waals surface area contributed by atoms with Crippen LogP contribution in [-0.2, 0) is 11.8 Å². The summed E-state index contributed by atoms with van der Waals surface area (Å²) in [5.74, 6) is -0.0834. The van der Waals surface area contributed by atoms with Crippen LogP contribution in [-0.4, -0.2) is 44.4 Å². The molecule has 1 saturated heterocycles. The molecule has 2 rings (SSSR count). The predicted molar refractivity (Wildman–Crippen MR) is 83.0 cm³/mol. The molecule has 1 aromatic rings. The normalized spacial score (nSPS) is 21.0. The number of aromatic nitrogens is 2. The third-order valence-corrected chi connectivity index (χ3v) is 4.43. The van der Waals surface area contributed by atoms with Gasteiger partial charge in [-0.15, -0.1) is 0 Å². The van der Waals surface area contributed by atoms with Gasteiger partial charge in [0.1, 0.15) is 5.15 Å². The Morgan fingerprint density at radius 2 is 2.24 bits per heavy atom. The Kier molecular flexibility index (Phi) is 5.06. The van der Waals surface area contributed by atoms with Gasteiger partial charge < -0.3 is 10.0 Å². The fourth-order valence-corrected chi connectivity index (χ4v) is 3.06. The molecule has 1 aromatic heterocycles. The van der Waals surface area contributed by atoms with Gasteiger partial charge in [-0.05, 0) is 39.2 Å². The zero-order chi connectivity index (χ0) is 15.6. The van der Waals surface area contributed by atoms with Gasteiger partial charge in [-0.3, -0.25) is 9.48 Å². The maximum atomic E-state index is 12.4. The number of carbonyl (C=O) groups excluding carboxylic acids is 1. The lowest BCUT2D eigenvalue weighted by atomic mass is 9.98. The smallest absolute Gasteiger partial charge is 0.246 e. The van der Waals surface area contributed by atoms with Crippen LogP contribution in [0, 0.1) is 6.92 Å². The Morgan fingerprint density at radius 3 is 2.81 bits per heavy atom. The van der Waals surface area contributed by atoms with Crippen molar-refractivity contribution in [2.45, 2.75) is 45.3 Å². The minimum atomic E-state index is -0.508. The highest BCUT2D eigenvalue weighted by atomic mass is 35.5. The van der Waals surface area contributed by atoms with Crippen LogP contribution in [0.2, 0.25) is 5.15 Å². The first-order valence-corrected chi connectivity index (χ1v) is 7.65. The van der Waals surface area contributed by atoms with Gasteiger partial charge in [-0.1, -0.05) is 11.6 Å². The molecule has 2 atom stereocenters. The number of nitrogens with zero attached hydrogens (tertiary/aromatic N) is 3. The number of aryl methyl sites for hydroxylation is 2. The van der Waals surface area contributed by atoms with E-state index in [0.717, 1.165) is 30.5 Å². The second-order valence-corrected chi connectivity index (χ2v) is 5.94. The first kappa shape index (κ1) is 16.0. The van der Waals surface area contributed by atoms with Gasteiger partial charge in [0.2, 0.25) is 5.91 Å². The molecule has 1 amide bonds. The lowest BCUT2D eigenvalue weighted by molar-refractivity contribution is -0.132. The number of halogens is 1. The third kappa shape index (κ3) is 3.47. The topological polar surface area (TPSA) is 58.4 Å². The highest BCUT2D eigenvalue weighted by Gasteiger charge is 2.28. The summed E-state index contributed by atoms with van der Waals surface area (Å²) in [5.41, 5.74) is 1.55. The highest BCUT2D eigenvalue weighted by molar-refractivity contribution is 6.31. The van der Waals surface area contributed by atoms with Crippen LogP contribution in [0.4, 0.5) is 0 Å². The molecule has 116 valence electrons. The largest absolute Gasteiger partial charge is 0.391 e. The molecule has 21 heavy (non-hydrogen) atoms.